The summed E-state index contributed by atoms with van der Waals surface area (Å²) in [4.78, 5) is 17.4. The van der Waals surface area contributed by atoms with E-state index in [0.717, 1.165) is 10.2 Å². The van der Waals surface area contributed by atoms with Gasteiger partial charge in [0, 0.05) is 5.02 Å². The first kappa shape index (κ1) is 16.7. The zero-order valence-electron chi connectivity index (χ0n) is 13.5. The van der Waals surface area contributed by atoms with E-state index in [1.807, 2.05) is 28.8 Å². The molecular formula is C19H13ClN2O3S. The number of terminal acetylenes is 1. The maximum Gasteiger partial charge on any atom is 0.292 e. The first-order valence-electron chi connectivity index (χ1n) is 7.85. The Morgan fingerprint density at radius 1 is 1.35 bits per heavy atom. The summed E-state index contributed by atoms with van der Waals surface area (Å²) in [6, 6.07) is 12.7. The zero-order chi connectivity index (χ0) is 18.1. The number of aromatic nitrogens is 1. The van der Waals surface area contributed by atoms with E-state index in [1.165, 1.54) is 11.3 Å². The van der Waals surface area contributed by atoms with Crippen molar-refractivity contribution in [3.05, 3.63) is 52.3 Å². The van der Waals surface area contributed by atoms with Crippen molar-refractivity contribution < 1.29 is 14.3 Å². The van der Waals surface area contributed by atoms with Crippen molar-refractivity contribution in [3.63, 3.8) is 0 Å². The van der Waals surface area contributed by atoms with E-state index >= 15 is 0 Å². The Labute approximate surface area is 158 Å². The van der Waals surface area contributed by atoms with Gasteiger partial charge in [0.05, 0.1) is 16.8 Å². The number of fused-ring (bicyclic) bond motifs is 2. The van der Waals surface area contributed by atoms with Crippen molar-refractivity contribution in [1.29, 1.82) is 0 Å². The predicted octanol–water partition coefficient (Wildman–Crippen LogP) is 3.26. The van der Waals surface area contributed by atoms with Gasteiger partial charge in [0.15, 0.2) is 16.3 Å². The quantitative estimate of drug-likeness (QED) is 0.637. The van der Waals surface area contributed by atoms with Crippen LogP contribution in [0.3, 0.4) is 0 Å². The number of rotatable bonds is 2. The number of benzene rings is 2. The van der Waals surface area contributed by atoms with Crippen LogP contribution < -0.4 is 14.3 Å². The van der Waals surface area contributed by atoms with Gasteiger partial charge >= 0.3 is 0 Å². The number of thiazole rings is 1. The van der Waals surface area contributed by atoms with Gasteiger partial charge in [-0.1, -0.05) is 41.0 Å². The highest BCUT2D eigenvalue weighted by Crippen LogP contribution is 2.31. The topological polar surface area (TPSA) is 52.8 Å². The number of hydrogen-bond donors (Lipinski definition) is 0. The van der Waals surface area contributed by atoms with Crippen LogP contribution in [-0.2, 0) is 11.3 Å². The van der Waals surface area contributed by atoms with Crippen molar-refractivity contribution in [2.45, 2.75) is 12.6 Å². The number of carbonyl (C=O) groups is 1. The van der Waals surface area contributed by atoms with E-state index in [9.17, 15) is 4.79 Å². The predicted molar refractivity (Wildman–Crippen MR) is 101 cm³/mol. The average molecular weight is 385 g/mol. The smallest absolute Gasteiger partial charge is 0.292 e. The lowest BCUT2D eigenvalue weighted by Gasteiger charge is -2.23. The third-order valence-corrected chi connectivity index (χ3v) is 5.16. The zero-order valence-corrected chi connectivity index (χ0v) is 15.1. The minimum absolute atomic E-state index is 0.116. The molecule has 1 aliphatic heterocycles. The van der Waals surface area contributed by atoms with Gasteiger partial charge in [0.25, 0.3) is 5.91 Å². The molecule has 0 saturated heterocycles. The van der Waals surface area contributed by atoms with Crippen molar-refractivity contribution in [2.24, 2.45) is 4.99 Å². The van der Waals surface area contributed by atoms with Crippen molar-refractivity contribution in [3.8, 4) is 23.8 Å². The molecule has 3 aromatic rings. The molecule has 1 aliphatic rings. The third-order valence-electron chi connectivity index (χ3n) is 3.88. The highest BCUT2D eigenvalue weighted by atomic mass is 35.5. The van der Waals surface area contributed by atoms with Gasteiger partial charge in [-0.3, -0.25) is 4.79 Å². The van der Waals surface area contributed by atoms with E-state index < -0.39 is 12.0 Å². The van der Waals surface area contributed by atoms with Crippen molar-refractivity contribution in [1.82, 2.24) is 4.57 Å². The summed E-state index contributed by atoms with van der Waals surface area (Å²) in [5, 5.41) is 0.616. The van der Waals surface area contributed by atoms with Crippen LogP contribution in [0.2, 0.25) is 5.02 Å². The molecule has 0 radical (unpaired) electrons. The van der Waals surface area contributed by atoms with Gasteiger partial charge in [-0.15, -0.1) is 6.42 Å². The van der Waals surface area contributed by atoms with E-state index in [0.29, 0.717) is 27.9 Å². The second-order valence-electron chi connectivity index (χ2n) is 5.60. The monoisotopic (exact) mass is 384 g/mol. The first-order valence-corrected chi connectivity index (χ1v) is 9.04. The summed E-state index contributed by atoms with van der Waals surface area (Å²) in [7, 11) is 0. The molecule has 130 valence electrons. The molecule has 0 spiro atoms. The molecule has 0 aliphatic carbocycles. The maximum absolute atomic E-state index is 12.6. The number of amides is 1. The standard InChI is InChI=1S/C19H13ClN2O3S/c1-2-9-22-13-8-7-12(20)10-17(13)26-19(22)21-18(23)16-11-24-14-5-3-4-6-15(14)25-16/h1,3-8,10,16H,9,11H2. The normalized spacial score (nSPS) is 16.5. The lowest BCUT2D eigenvalue weighted by Crippen LogP contribution is -2.36. The van der Waals surface area contributed by atoms with Crippen molar-refractivity contribution >= 4 is 39.1 Å². The number of ether oxygens (including phenoxy) is 2. The molecule has 26 heavy (non-hydrogen) atoms. The lowest BCUT2D eigenvalue weighted by atomic mass is 10.2. The molecule has 1 atom stereocenters. The Kier molecular flexibility index (Phi) is 4.41. The Hall–Kier alpha value is -2.75. The number of para-hydroxylation sites is 2. The molecule has 1 amide bonds. The van der Waals surface area contributed by atoms with Gasteiger partial charge < -0.3 is 14.0 Å². The van der Waals surface area contributed by atoms with Crippen LogP contribution in [0, 0.1) is 12.3 Å². The molecule has 2 heterocycles. The van der Waals surface area contributed by atoms with Crippen LogP contribution in [0.5, 0.6) is 11.5 Å². The van der Waals surface area contributed by atoms with Gasteiger partial charge in [-0.05, 0) is 30.3 Å². The van der Waals surface area contributed by atoms with Crippen LogP contribution in [-0.4, -0.2) is 23.2 Å². The number of carbonyl (C=O) groups excluding carboxylic acids is 1. The molecular weight excluding hydrogens is 372 g/mol. The molecule has 0 N–H and O–H groups in total. The van der Waals surface area contributed by atoms with E-state index in [1.54, 1.807) is 18.2 Å². The minimum Gasteiger partial charge on any atom is -0.485 e. The molecule has 2 aromatic carbocycles. The van der Waals surface area contributed by atoms with Crippen molar-refractivity contribution in [2.75, 3.05) is 6.61 Å². The second-order valence-corrected chi connectivity index (χ2v) is 7.05. The van der Waals surface area contributed by atoms with Gasteiger partial charge in [-0.25, -0.2) is 0 Å². The molecule has 0 saturated carbocycles. The summed E-state index contributed by atoms with van der Waals surface area (Å²) < 4.78 is 14.0. The van der Waals surface area contributed by atoms with Crippen LogP contribution in [0.4, 0.5) is 0 Å². The summed E-state index contributed by atoms with van der Waals surface area (Å²) in [5.41, 5.74) is 0.884. The van der Waals surface area contributed by atoms with Crippen LogP contribution in [0.1, 0.15) is 0 Å². The fourth-order valence-corrected chi connectivity index (χ4v) is 3.99. The number of nitrogens with zero attached hydrogens (tertiary/aromatic N) is 2. The molecule has 1 unspecified atom stereocenters. The SMILES string of the molecule is C#CCn1c(=NC(=O)C2COc3ccccc3O2)sc2cc(Cl)ccc21. The summed E-state index contributed by atoms with van der Waals surface area (Å²) in [6.45, 7) is 0.420. The Morgan fingerprint density at radius 3 is 2.96 bits per heavy atom. The fourth-order valence-electron chi connectivity index (χ4n) is 2.68. The summed E-state index contributed by atoms with van der Waals surface area (Å²) >= 11 is 7.41. The van der Waals surface area contributed by atoms with Gasteiger partial charge in [0.2, 0.25) is 6.10 Å². The molecule has 4 rings (SSSR count). The molecule has 5 nitrogen and oxygen atoms in total. The minimum atomic E-state index is -0.794. The van der Waals surface area contributed by atoms with E-state index in [-0.39, 0.29) is 6.61 Å². The van der Waals surface area contributed by atoms with E-state index in [4.69, 9.17) is 27.5 Å². The molecule has 0 fully saturated rings. The van der Waals surface area contributed by atoms with Gasteiger partial charge in [-0.2, -0.15) is 4.99 Å². The molecule has 7 heteroatoms. The largest absolute Gasteiger partial charge is 0.485 e. The highest BCUT2D eigenvalue weighted by Gasteiger charge is 2.27. The Morgan fingerprint density at radius 2 is 2.15 bits per heavy atom. The lowest BCUT2D eigenvalue weighted by molar-refractivity contribution is -0.127. The third kappa shape index (κ3) is 3.07. The maximum atomic E-state index is 12.6. The Balaban J connectivity index is 1.71. The Bertz CT molecular complexity index is 1110. The molecule has 0 bridgehead atoms. The van der Waals surface area contributed by atoms with Crippen LogP contribution in [0.25, 0.3) is 10.2 Å². The van der Waals surface area contributed by atoms with Crippen LogP contribution >= 0.6 is 22.9 Å². The highest BCUT2D eigenvalue weighted by molar-refractivity contribution is 7.16. The van der Waals surface area contributed by atoms with Crippen LogP contribution in [0.15, 0.2) is 47.5 Å². The fraction of sp³-hybridized carbons (Fsp3) is 0.158. The molecule has 1 aromatic heterocycles. The second kappa shape index (κ2) is 6.87. The number of halogens is 1. The first-order chi connectivity index (χ1) is 12.7. The summed E-state index contributed by atoms with van der Waals surface area (Å²) in [5.74, 6) is 3.33. The summed E-state index contributed by atoms with van der Waals surface area (Å²) in [6.07, 6.45) is 4.68. The number of hydrogen-bond acceptors (Lipinski definition) is 4. The average Bonchev–Trinajstić information content (AvgIpc) is 2.98. The van der Waals surface area contributed by atoms with E-state index in [2.05, 4.69) is 10.9 Å². The van der Waals surface area contributed by atoms with Gasteiger partial charge in [0.1, 0.15) is 6.61 Å².